The highest BCUT2D eigenvalue weighted by atomic mass is 16.3. The third kappa shape index (κ3) is 3.96. The van der Waals surface area contributed by atoms with Gasteiger partial charge in [-0.15, -0.1) is 0 Å². The molecule has 0 radical (unpaired) electrons. The molecule has 0 aromatic heterocycles. The standard InChI is InChI=1S/C26H32N2O3/c29-22-9-5-14-27(15-13-22)26(31)24-17-20-8-3-4-10-23(20)28(24)25(30)21-12-11-18-6-1-2-7-19(18)16-21/h1-2,6-7,11-12,16,20,22-24,29H,3-5,8-10,13-15,17H2/t20-,22?,23-,24-/m0/s1. The van der Waals surface area contributed by atoms with Gasteiger partial charge in [-0.1, -0.05) is 43.2 Å². The number of benzene rings is 2. The molecule has 164 valence electrons. The average molecular weight is 421 g/mol. The van der Waals surface area contributed by atoms with Crippen molar-refractivity contribution in [3.63, 3.8) is 0 Å². The Hall–Kier alpha value is -2.40. The van der Waals surface area contributed by atoms with Gasteiger partial charge in [-0.3, -0.25) is 9.59 Å². The Morgan fingerprint density at radius 1 is 0.871 bits per heavy atom. The van der Waals surface area contributed by atoms with Crippen molar-refractivity contribution in [2.24, 2.45) is 5.92 Å². The van der Waals surface area contributed by atoms with E-state index in [-0.39, 0.29) is 30.0 Å². The summed E-state index contributed by atoms with van der Waals surface area (Å²) in [5.41, 5.74) is 0.675. The molecule has 3 aliphatic rings. The van der Waals surface area contributed by atoms with Crippen LogP contribution in [0.25, 0.3) is 10.8 Å². The summed E-state index contributed by atoms with van der Waals surface area (Å²) in [5.74, 6) is 0.496. The molecule has 2 amide bonds. The Balaban J connectivity index is 1.45. The molecule has 4 atom stereocenters. The van der Waals surface area contributed by atoms with E-state index in [0.29, 0.717) is 31.0 Å². The molecule has 0 spiro atoms. The summed E-state index contributed by atoms with van der Waals surface area (Å²) in [7, 11) is 0. The van der Waals surface area contributed by atoms with Crippen molar-refractivity contribution in [1.29, 1.82) is 0 Å². The lowest BCUT2D eigenvalue weighted by Gasteiger charge is -2.35. The lowest BCUT2D eigenvalue weighted by molar-refractivity contribution is -0.135. The van der Waals surface area contributed by atoms with Gasteiger partial charge in [0.15, 0.2) is 0 Å². The number of hydrogen-bond acceptors (Lipinski definition) is 3. The molecule has 2 aliphatic heterocycles. The number of aliphatic hydroxyl groups excluding tert-OH is 1. The summed E-state index contributed by atoms with van der Waals surface area (Å²) >= 11 is 0. The number of amides is 2. The van der Waals surface area contributed by atoms with Crippen molar-refractivity contribution in [2.45, 2.75) is 69.6 Å². The second-order valence-corrected chi connectivity index (χ2v) is 9.55. The maximum Gasteiger partial charge on any atom is 0.254 e. The zero-order valence-corrected chi connectivity index (χ0v) is 18.1. The summed E-state index contributed by atoms with van der Waals surface area (Å²) in [6.45, 7) is 1.27. The minimum Gasteiger partial charge on any atom is -0.393 e. The van der Waals surface area contributed by atoms with Crippen molar-refractivity contribution < 1.29 is 14.7 Å². The zero-order chi connectivity index (χ0) is 21.4. The van der Waals surface area contributed by atoms with Gasteiger partial charge in [0.25, 0.3) is 5.91 Å². The van der Waals surface area contributed by atoms with Crippen LogP contribution >= 0.6 is 0 Å². The van der Waals surface area contributed by atoms with Crippen LogP contribution in [0, 0.1) is 5.92 Å². The molecule has 1 aliphatic carbocycles. The summed E-state index contributed by atoms with van der Waals surface area (Å²) in [4.78, 5) is 31.2. The number of likely N-dealkylation sites (tertiary alicyclic amines) is 2. The molecule has 2 aromatic rings. The largest absolute Gasteiger partial charge is 0.393 e. The number of carbonyl (C=O) groups excluding carboxylic acids is 2. The molecule has 2 aromatic carbocycles. The second kappa shape index (κ2) is 8.62. The quantitative estimate of drug-likeness (QED) is 0.799. The van der Waals surface area contributed by atoms with Crippen molar-refractivity contribution in [1.82, 2.24) is 9.80 Å². The number of carbonyl (C=O) groups is 2. The first-order chi connectivity index (χ1) is 15.1. The van der Waals surface area contributed by atoms with Crippen LogP contribution in [0.4, 0.5) is 0 Å². The summed E-state index contributed by atoms with van der Waals surface area (Å²) in [5, 5.41) is 12.2. The van der Waals surface area contributed by atoms with E-state index in [1.54, 1.807) is 0 Å². The maximum atomic E-state index is 13.8. The number of rotatable bonds is 2. The van der Waals surface area contributed by atoms with E-state index in [4.69, 9.17) is 0 Å². The minimum absolute atomic E-state index is 0.00615. The molecule has 5 heteroatoms. The van der Waals surface area contributed by atoms with Gasteiger partial charge in [0.1, 0.15) is 6.04 Å². The lowest BCUT2D eigenvalue weighted by atomic mass is 9.84. The highest BCUT2D eigenvalue weighted by molar-refractivity contribution is 6.01. The van der Waals surface area contributed by atoms with Gasteiger partial charge in [0.05, 0.1) is 6.10 Å². The first-order valence-electron chi connectivity index (χ1n) is 11.9. The third-order valence-electron chi connectivity index (χ3n) is 7.61. The topological polar surface area (TPSA) is 60.9 Å². The van der Waals surface area contributed by atoms with Gasteiger partial charge in [0.2, 0.25) is 5.91 Å². The van der Waals surface area contributed by atoms with Gasteiger partial charge < -0.3 is 14.9 Å². The van der Waals surface area contributed by atoms with Crippen LogP contribution in [-0.4, -0.2) is 58.0 Å². The predicted octanol–water partition coefficient (Wildman–Crippen LogP) is 3.99. The first-order valence-corrected chi connectivity index (χ1v) is 11.9. The molecule has 5 rings (SSSR count). The minimum atomic E-state index is -0.373. The Labute approximate surface area is 184 Å². The SMILES string of the molecule is O=C([C@@H]1C[C@@H]2CCCC[C@@H]2N1C(=O)c1ccc2ccccc2c1)N1CCCC(O)CC1. The monoisotopic (exact) mass is 420 g/mol. The fourth-order valence-corrected chi connectivity index (χ4v) is 5.95. The normalized spacial score (nSPS) is 28.9. The molecular weight excluding hydrogens is 388 g/mol. The summed E-state index contributed by atoms with van der Waals surface area (Å²) in [6, 6.07) is 13.8. The predicted molar refractivity (Wildman–Crippen MR) is 121 cm³/mol. The van der Waals surface area contributed by atoms with Crippen molar-refractivity contribution in [3.8, 4) is 0 Å². The van der Waals surface area contributed by atoms with E-state index < -0.39 is 0 Å². The molecule has 2 saturated heterocycles. The van der Waals surface area contributed by atoms with Crippen LogP contribution in [0.15, 0.2) is 42.5 Å². The van der Waals surface area contributed by atoms with Gasteiger partial charge in [-0.2, -0.15) is 0 Å². The molecule has 1 N–H and O–H groups in total. The van der Waals surface area contributed by atoms with Gasteiger partial charge in [-0.25, -0.2) is 0 Å². The van der Waals surface area contributed by atoms with Gasteiger partial charge >= 0.3 is 0 Å². The molecule has 0 bridgehead atoms. The third-order valence-corrected chi connectivity index (χ3v) is 7.61. The van der Waals surface area contributed by atoms with Crippen LogP contribution in [-0.2, 0) is 4.79 Å². The van der Waals surface area contributed by atoms with E-state index in [1.165, 1.54) is 6.42 Å². The van der Waals surface area contributed by atoms with Crippen LogP contribution < -0.4 is 0 Å². The molecule has 31 heavy (non-hydrogen) atoms. The zero-order valence-electron chi connectivity index (χ0n) is 18.1. The Bertz CT molecular complexity index is 974. The molecule has 2 heterocycles. The first kappa shape index (κ1) is 20.5. The van der Waals surface area contributed by atoms with Gasteiger partial charge in [0, 0.05) is 24.7 Å². The van der Waals surface area contributed by atoms with Crippen LogP contribution in [0.5, 0.6) is 0 Å². The average Bonchev–Trinajstić information content (AvgIpc) is 3.06. The van der Waals surface area contributed by atoms with E-state index in [9.17, 15) is 14.7 Å². The highest BCUT2D eigenvalue weighted by Gasteiger charge is 2.48. The Morgan fingerprint density at radius 2 is 1.68 bits per heavy atom. The molecular formula is C26H32N2O3. The molecule has 5 nitrogen and oxygen atoms in total. The van der Waals surface area contributed by atoms with E-state index in [0.717, 1.165) is 49.3 Å². The molecule has 1 saturated carbocycles. The van der Waals surface area contributed by atoms with Crippen molar-refractivity contribution in [2.75, 3.05) is 13.1 Å². The highest BCUT2D eigenvalue weighted by Crippen LogP contribution is 2.41. The van der Waals surface area contributed by atoms with Crippen LogP contribution in [0.2, 0.25) is 0 Å². The summed E-state index contributed by atoms with van der Waals surface area (Å²) < 4.78 is 0. The lowest BCUT2D eigenvalue weighted by Crippen LogP contribution is -2.51. The fraction of sp³-hybridized carbons (Fsp3) is 0.538. The van der Waals surface area contributed by atoms with Crippen LogP contribution in [0.1, 0.15) is 61.7 Å². The number of aliphatic hydroxyl groups is 1. The Morgan fingerprint density at radius 3 is 2.55 bits per heavy atom. The molecule has 3 fully saturated rings. The maximum absolute atomic E-state index is 13.8. The molecule has 1 unspecified atom stereocenters. The van der Waals surface area contributed by atoms with Crippen molar-refractivity contribution >= 4 is 22.6 Å². The van der Waals surface area contributed by atoms with E-state index in [1.807, 2.05) is 46.2 Å². The smallest absolute Gasteiger partial charge is 0.254 e. The van der Waals surface area contributed by atoms with Crippen LogP contribution in [0.3, 0.4) is 0 Å². The summed E-state index contributed by atoms with van der Waals surface area (Å²) in [6.07, 6.45) is 7.08. The second-order valence-electron chi connectivity index (χ2n) is 9.55. The van der Waals surface area contributed by atoms with E-state index in [2.05, 4.69) is 6.07 Å². The van der Waals surface area contributed by atoms with Crippen molar-refractivity contribution in [3.05, 3.63) is 48.0 Å². The number of nitrogens with zero attached hydrogens (tertiary/aromatic N) is 2. The number of fused-ring (bicyclic) bond motifs is 2. The Kier molecular flexibility index (Phi) is 5.70. The van der Waals surface area contributed by atoms with E-state index >= 15 is 0 Å². The number of hydrogen-bond donors (Lipinski definition) is 1. The fourth-order valence-electron chi connectivity index (χ4n) is 5.95. The van der Waals surface area contributed by atoms with Gasteiger partial charge in [-0.05, 0) is 67.3 Å².